The van der Waals surface area contributed by atoms with Crippen LogP contribution in [0, 0.1) is 0 Å². The number of hydrogen-bond acceptors (Lipinski definition) is 3. The SMILES string of the molecule is COC(C)(C)CCSC(C)C(=O)O. The topological polar surface area (TPSA) is 46.5 Å². The average molecular weight is 206 g/mol. The maximum Gasteiger partial charge on any atom is 0.316 e. The summed E-state index contributed by atoms with van der Waals surface area (Å²) in [5.74, 6) is 0.0640. The van der Waals surface area contributed by atoms with Crippen molar-refractivity contribution in [2.24, 2.45) is 0 Å². The second-order valence-corrected chi connectivity index (χ2v) is 5.01. The number of aliphatic carboxylic acids is 1. The highest BCUT2D eigenvalue weighted by molar-refractivity contribution is 8.00. The van der Waals surface area contributed by atoms with Gasteiger partial charge in [0.2, 0.25) is 0 Å². The highest BCUT2D eigenvalue weighted by Crippen LogP contribution is 2.19. The Hall–Kier alpha value is -0.220. The number of carboxylic acid groups (broad SMARTS) is 1. The minimum Gasteiger partial charge on any atom is -0.480 e. The zero-order valence-corrected chi connectivity index (χ0v) is 9.48. The first kappa shape index (κ1) is 12.8. The van der Waals surface area contributed by atoms with Gasteiger partial charge in [-0.15, -0.1) is 11.8 Å². The van der Waals surface area contributed by atoms with Crippen molar-refractivity contribution in [2.45, 2.75) is 38.0 Å². The summed E-state index contributed by atoms with van der Waals surface area (Å²) in [6.45, 7) is 5.70. The van der Waals surface area contributed by atoms with Crippen molar-refractivity contribution in [1.29, 1.82) is 0 Å². The van der Waals surface area contributed by atoms with Gasteiger partial charge in [0.1, 0.15) is 0 Å². The molecule has 1 unspecified atom stereocenters. The maximum atomic E-state index is 10.5. The molecular weight excluding hydrogens is 188 g/mol. The minimum atomic E-state index is -0.750. The van der Waals surface area contributed by atoms with E-state index < -0.39 is 5.97 Å². The molecule has 13 heavy (non-hydrogen) atoms. The Morgan fingerprint density at radius 3 is 2.54 bits per heavy atom. The normalized spacial score (nSPS) is 14.2. The Bertz CT molecular complexity index is 168. The van der Waals surface area contributed by atoms with Crippen LogP contribution in [0.25, 0.3) is 0 Å². The number of carbonyl (C=O) groups is 1. The Labute approximate surface area is 83.9 Å². The van der Waals surface area contributed by atoms with Gasteiger partial charge in [-0.05, 0) is 32.9 Å². The van der Waals surface area contributed by atoms with Crippen molar-refractivity contribution in [3.05, 3.63) is 0 Å². The van der Waals surface area contributed by atoms with E-state index in [-0.39, 0.29) is 10.9 Å². The van der Waals surface area contributed by atoms with E-state index in [4.69, 9.17) is 9.84 Å². The largest absolute Gasteiger partial charge is 0.480 e. The van der Waals surface area contributed by atoms with Gasteiger partial charge in [-0.1, -0.05) is 0 Å². The first-order valence-corrected chi connectivity index (χ1v) is 5.33. The highest BCUT2D eigenvalue weighted by atomic mass is 32.2. The molecular formula is C9H18O3S. The van der Waals surface area contributed by atoms with Crippen LogP contribution in [0.1, 0.15) is 27.2 Å². The first-order chi connectivity index (χ1) is 5.89. The van der Waals surface area contributed by atoms with Crippen molar-refractivity contribution in [1.82, 2.24) is 0 Å². The predicted octanol–water partition coefficient (Wildman–Crippen LogP) is 2.01. The molecule has 0 bridgehead atoms. The Morgan fingerprint density at radius 2 is 2.15 bits per heavy atom. The lowest BCUT2D eigenvalue weighted by atomic mass is 10.1. The van der Waals surface area contributed by atoms with E-state index in [1.165, 1.54) is 11.8 Å². The van der Waals surface area contributed by atoms with Crippen molar-refractivity contribution < 1.29 is 14.6 Å². The molecule has 0 aromatic carbocycles. The van der Waals surface area contributed by atoms with Crippen LogP contribution in [-0.4, -0.2) is 34.8 Å². The fourth-order valence-electron chi connectivity index (χ4n) is 0.655. The lowest BCUT2D eigenvalue weighted by molar-refractivity contribution is -0.136. The Morgan fingerprint density at radius 1 is 1.62 bits per heavy atom. The van der Waals surface area contributed by atoms with E-state index in [0.29, 0.717) is 0 Å². The highest BCUT2D eigenvalue weighted by Gasteiger charge is 2.18. The molecule has 0 saturated heterocycles. The third-order valence-corrected chi connectivity index (χ3v) is 3.11. The monoisotopic (exact) mass is 206 g/mol. The van der Waals surface area contributed by atoms with Crippen LogP contribution in [-0.2, 0) is 9.53 Å². The van der Waals surface area contributed by atoms with Crippen molar-refractivity contribution >= 4 is 17.7 Å². The van der Waals surface area contributed by atoms with Crippen molar-refractivity contribution in [3.8, 4) is 0 Å². The van der Waals surface area contributed by atoms with Gasteiger partial charge in [0.25, 0.3) is 0 Å². The molecule has 1 atom stereocenters. The predicted molar refractivity (Wildman–Crippen MR) is 55.3 cm³/mol. The molecule has 4 heteroatoms. The fraction of sp³-hybridized carbons (Fsp3) is 0.889. The Balaban J connectivity index is 3.62. The number of ether oxygens (including phenoxy) is 1. The number of methoxy groups -OCH3 is 1. The summed E-state index contributed by atoms with van der Waals surface area (Å²) >= 11 is 1.45. The summed E-state index contributed by atoms with van der Waals surface area (Å²) in [6.07, 6.45) is 0.867. The summed E-state index contributed by atoms with van der Waals surface area (Å²) in [5, 5.41) is 8.29. The van der Waals surface area contributed by atoms with Crippen LogP contribution in [0.5, 0.6) is 0 Å². The van der Waals surface area contributed by atoms with E-state index in [1.54, 1.807) is 14.0 Å². The zero-order valence-electron chi connectivity index (χ0n) is 8.66. The molecule has 0 aliphatic rings. The smallest absolute Gasteiger partial charge is 0.316 e. The summed E-state index contributed by atoms with van der Waals surface area (Å²) in [5.41, 5.74) is -0.148. The van der Waals surface area contributed by atoms with E-state index in [0.717, 1.165) is 12.2 Å². The number of carboxylic acids is 1. The lowest BCUT2D eigenvalue weighted by Gasteiger charge is -2.22. The molecule has 0 aliphatic carbocycles. The number of rotatable bonds is 6. The van der Waals surface area contributed by atoms with Gasteiger partial charge in [-0.2, -0.15) is 0 Å². The van der Waals surface area contributed by atoms with Gasteiger partial charge < -0.3 is 9.84 Å². The summed E-state index contributed by atoms with van der Waals surface area (Å²) in [4.78, 5) is 10.5. The van der Waals surface area contributed by atoms with Gasteiger partial charge in [0.15, 0.2) is 0 Å². The van der Waals surface area contributed by atoms with E-state index in [1.807, 2.05) is 13.8 Å². The third kappa shape index (κ3) is 5.93. The molecule has 0 radical (unpaired) electrons. The van der Waals surface area contributed by atoms with E-state index in [9.17, 15) is 4.79 Å². The molecule has 78 valence electrons. The number of hydrogen-bond donors (Lipinski definition) is 1. The lowest BCUT2D eigenvalue weighted by Crippen LogP contribution is -2.24. The Kier molecular flexibility index (Phi) is 5.40. The van der Waals surface area contributed by atoms with Crippen LogP contribution >= 0.6 is 11.8 Å². The summed E-state index contributed by atoms with van der Waals surface area (Å²) in [7, 11) is 1.67. The molecule has 0 aromatic heterocycles. The molecule has 0 rings (SSSR count). The standard InChI is InChI=1S/C9H18O3S/c1-7(8(10)11)13-6-5-9(2,3)12-4/h7H,5-6H2,1-4H3,(H,10,11). The minimum absolute atomic E-state index is 0.148. The number of thioether (sulfide) groups is 1. The summed E-state index contributed by atoms with van der Waals surface area (Å²) in [6, 6.07) is 0. The fourth-order valence-corrected chi connectivity index (χ4v) is 1.76. The van der Waals surface area contributed by atoms with Gasteiger partial charge >= 0.3 is 5.97 Å². The van der Waals surface area contributed by atoms with Gasteiger partial charge in [0, 0.05) is 7.11 Å². The molecule has 0 heterocycles. The maximum absolute atomic E-state index is 10.5. The van der Waals surface area contributed by atoms with Crippen LogP contribution in [0.2, 0.25) is 0 Å². The van der Waals surface area contributed by atoms with Crippen LogP contribution in [0.4, 0.5) is 0 Å². The zero-order chi connectivity index (χ0) is 10.5. The van der Waals surface area contributed by atoms with Gasteiger partial charge in [0.05, 0.1) is 10.9 Å². The molecule has 1 N–H and O–H groups in total. The van der Waals surface area contributed by atoms with E-state index >= 15 is 0 Å². The molecule has 0 amide bonds. The molecule has 0 spiro atoms. The van der Waals surface area contributed by atoms with Crippen molar-refractivity contribution in [2.75, 3.05) is 12.9 Å². The molecule has 0 aliphatic heterocycles. The molecule has 0 fully saturated rings. The van der Waals surface area contributed by atoms with Crippen LogP contribution in [0.15, 0.2) is 0 Å². The summed E-state index contributed by atoms with van der Waals surface area (Å²) < 4.78 is 5.22. The van der Waals surface area contributed by atoms with Gasteiger partial charge in [-0.3, -0.25) is 4.79 Å². The third-order valence-electron chi connectivity index (χ3n) is 1.97. The molecule has 0 aromatic rings. The van der Waals surface area contributed by atoms with Crippen LogP contribution < -0.4 is 0 Å². The first-order valence-electron chi connectivity index (χ1n) is 4.28. The molecule has 0 saturated carbocycles. The van der Waals surface area contributed by atoms with E-state index in [2.05, 4.69) is 0 Å². The van der Waals surface area contributed by atoms with Crippen LogP contribution in [0.3, 0.4) is 0 Å². The second kappa shape index (κ2) is 5.50. The van der Waals surface area contributed by atoms with Gasteiger partial charge in [-0.25, -0.2) is 0 Å². The molecule has 3 nitrogen and oxygen atoms in total. The quantitative estimate of drug-likeness (QED) is 0.722. The van der Waals surface area contributed by atoms with Crippen molar-refractivity contribution in [3.63, 3.8) is 0 Å². The average Bonchev–Trinajstić information content (AvgIpc) is 2.04. The second-order valence-electron chi connectivity index (χ2n) is 3.57.